The van der Waals surface area contributed by atoms with Gasteiger partial charge in [-0.3, -0.25) is 9.69 Å². The minimum absolute atomic E-state index is 0.107. The fourth-order valence-electron chi connectivity index (χ4n) is 5.52. The number of benzene rings is 2. The Morgan fingerprint density at radius 1 is 1.16 bits per heavy atom. The van der Waals surface area contributed by atoms with Crippen LogP contribution in [-0.2, 0) is 9.53 Å². The molecule has 0 radical (unpaired) electrons. The maximum atomic E-state index is 14.1. The Balaban J connectivity index is 1.39. The molecule has 3 aromatic rings. The number of ether oxygens (including phenoxy) is 2. The van der Waals surface area contributed by atoms with E-state index in [0.29, 0.717) is 23.4 Å². The van der Waals surface area contributed by atoms with E-state index < -0.39 is 28.9 Å². The Labute approximate surface area is 218 Å². The zero-order chi connectivity index (χ0) is 26.8. The van der Waals surface area contributed by atoms with E-state index in [1.54, 1.807) is 36.6 Å². The highest BCUT2D eigenvalue weighted by molar-refractivity contribution is 6.03. The Kier molecular flexibility index (Phi) is 5.63. The lowest BCUT2D eigenvalue weighted by Crippen LogP contribution is -2.59. The van der Waals surface area contributed by atoms with Crippen LogP contribution in [0.5, 0.6) is 5.75 Å². The van der Waals surface area contributed by atoms with Crippen molar-refractivity contribution in [2.45, 2.75) is 44.8 Å². The van der Waals surface area contributed by atoms with E-state index in [9.17, 15) is 18.0 Å². The molecule has 1 saturated carbocycles. The summed E-state index contributed by atoms with van der Waals surface area (Å²) in [7, 11) is 1.57. The predicted octanol–water partition coefficient (Wildman–Crippen LogP) is 5.79. The van der Waals surface area contributed by atoms with Crippen molar-refractivity contribution in [2.75, 3.05) is 7.11 Å². The summed E-state index contributed by atoms with van der Waals surface area (Å²) < 4.78 is 55.7. The molecule has 3 heterocycles. The van der Waals surface area contributed by atoms with Crippen molar-refractivity contribution < 1.29 is 27.4 Å². The molecule has 38 heavy (non-hydrogen) atoms. The molecule has 1 aromatic heterocycles. The van der Waals surface area contributed by atoms with Crippen molar-refractivity contribution in [3.63, 3.8) is 0 Å². The highest BCUT2D eigenvalue weighted by Crippen LogP contribution is 2.52. The quantitative estimate of drug-likeness (QED) is 0.315. The second-order valence-corrected chi connectivity index (χ2v) is 10.3. The van der Waals surface area contributed by atoms with E-state index >= 15 is 0 Å². The molecule has 3 aliphatic rings. The van der Waals surface area contributed by atoms with Crippen LogP contribution in [0.4, 0.5) is 13.2 Å². The number of methoxy groups -OCH3 is 1. The summed E-state index contributed by atoms with van der Waals surface area (Å²) in [6.07, 6.45) is 9.10. The first-order valence-electron chi connectivity index (χ1n) is 12.5. The normalized spacial score (nSPS) is 23.9. The highest BCUT2D eigenvalue weighted by atomic mass is 19.2. The van der Waals surface area contributed by atoms with Crippen molar-refractivity contribution in [3.05, 3.63) is 89.0 Å². The van der Waals surface area contributed by atoms with Crippen molar-refractivity contribution in [3.8, 4) is 11.4 Å². The highest BCUT2D eigenvalue weighted by Gasteiger charge is 2.57. The standard InChI is InChI=1S/C29H26F3N3O3/c1-16-14-34(15-33-16)23-7-4-17(10-24(23)37-3)11-25-28(36)35-22(19-12-20(30)26(32)21(31)13-19)8-9-29(35,2)27(38-25)18-5-6-18/h4,7-8,10-15,18,27H,5-6,9H2,1-3H3/b25-11+/t27?,29-/m1/s1. The van der Waals surface area contributed by atoms with Crippen LogP contribution in [0.1, 0.15) is 43.0 Å². The van der Waals surface area contributed by atoms with Crippen LogP contribution in [0.2, 0.25) is 0 Å². The summed E-state index contributed by atoms with van der Waals surface area (Å²) in [4.78, 5) is 19.7. The van der Waals surface area contributed by atoms with Crippen LogP contribution in [-0.4, -0.2) is 39.1 Å². The SMILES string of the molecule is COc1cc(/C=C2/OC(C3CC3)[C@@]3(C)CC=C(c4cc(F)c(F)c(F)c4)N3C2=O)ccc1-n1cnc(C)c1. The molecule has 2 aliphatic heterocycles. The lowest BCUT2D eigenvalue weighted by atomic mass is 9.86. The average molecular weight is 522 g/mol. The number of halogens is 3. The molecule has 9 heteroatoms. The minimum Gasteiger partial charge on any atom is -0.495 e. The van der Waals surface area contributed by atoms with Gasteiger partial charge in [0.15, 0.2) is 23.2 Å². The van der Waals surface area contributed by atoms with Gasteiger partial charge in [-0.2, -0.15) is 0 Å². The fourth-order valence-corrected chi connectivity index (χ4v) is 5.52. The molecule has 0 spiro atoms. The van der Waals surface area contributed by atoms with Crippen LogP contribution < -0.4 is 4.74 Å². The largest absolute Gasteiger partial charge is 0.495 e. The Bertz CT molecular complexity index is 1500. The molecule has 0 N–H and O–H groups in total. The van der Waals surface area contributed by atoms with Crippen LogP contribution in [0.3, 0.4) is 0 Å². The number of imidazole rings is 1. The number of hydrogen-bond donors (Lipinski definition) is 0. The van der Waals surface area contributed by atoms with E-state index in [2.05, 4.69) is 4.98 Å². The first-order valence-corrected chi connectivity index (χ1v) is 12.5. The Morgan fingerprint density at radius 3 is 2.53 bits per heavy atom. The number of aryl methyl sites for hydroxylation is 1. The van der Waals surface area contributed by atoms with E-state index in [0.717, 1.165) is 36.4 Å². The number of carbonyl (C=O) groups is 1. The third-order valence-corrected chi connectivity index (χ3v) is 7.56. The van der Waals surface area contributed by atoms with Crippen molar-refractivity contribution >= 4 is 17.7 Å². The van der Waals surface area contributed by atoms with Gasteiger partial charge in [0.2, 0.25) is 0 Å². The van der Waals surface area contributed by atoms with Gasteiger partial charge in [-0.15, -0.1) is 0 Å². The predicted molar refractivity (Wildman–Crippen MR) is 135 cm³/mol. The summed E-state index contributed by atoms with van der Waals surface area (Å²) in [5, 5.41) is 0. The number of hydrogen-bond acceptors (Lipinski definition) is 4. The molecule has 6 rings (SSSR count). The Hall–Kier alpha value is -4.01. The van der Waals surface area contributed by atoms with E-state index in [1.807, 2.05) is 36.7 Å². The van der Waals surface area contributed by atoms with Gasteiger partial charge in [0.05, 0.1) is 30.4 Å². The van der Waals surface area contributed by atoms with Gasteiger partial charge >= 0.3 is 0 Å². The number of fused-ring (bicyclic) bond motifs is 1. The molecule has 1 aliphatic carbocycles. The van der Waals surface area contributed by atoms with Crippen molar-refractivity contribution in [1.29, 1.82) is 0 Å². The minimum atomic E-state index is -1.54. The molecule has 1 saturated heterocycles. The summed E-state index contributed by atoms with van der Waals surface area (Å²) in [6.45, 7) is 3.82. The first kappa shape index (κ1) is 24.3. The van der Waals surface area contributed by atoms with Gasteiger partial charge in [0.1, 0.15) is 11.9 Å². The van der Waals surface area contributed by atoms with Crippen LogP contribution >= 0.6 is 0 Å². The molecular weight excluding hydrogens is 495 g/mol. The summed E-state index contributed by atoms with van der Waals surface area (Å²) in [6, 6.07) is 7.38. The van der Waals surface area contributed by atoms with Crippen LogP contribution in [0, 0.1) is 30.3 Å². The number of amides is 1. The van der Waals surface area contributed by atoms with Gasteiger partial charge in [-0.1, -0.05) is 12.1 Å². The lowest BCUT2D eigenvalue weighted by Gasteiger charge is -2.47. The maximum Gasteiger partial charge on any atom is 0.294 e. The van der Waals surface area contributed by atoms with Gasteiger partial charge in [-0.25, -0.2) is 18.2 Å². The fraction of sp³-hybridized carbons (Fsp3) is 0.310. The zero-order valence-corrected chi connectivity index (χ0v) is 21.2. The molecule has 6 nitrogen and oxygen atoms in total. The third kappa shape index (κ3) is 3.88. The second kappa shape index (κ2) is 8.79. The van der Waals surface area contributed by atoms with Crippen LogP contribution in [0.15, 0.2) is 54.7 Å². The molecule has 1 unspecified atom stereocenters. The van der Waals surface area contributed by atoms with Gasteiger partial charge in [-0.05, 0) is 74.9 Å². The number of morpholine rings is 1. The second-order valence-electron chi connectivity index (χ2n) is 10.3. The Morgan fingerprint density at radius 2 is 1.89 bits per heavy atom. The monoisotopic (exact) mass is 521 g/mol. The molecule has 1 amide bonds. The molecule has 2 aromatic carbocycles. The lowest BCUT2D eigenvalue weighted by molar-refractivity contribution is -0.148. The number of rotatable bonds is 5. The van der Waals surface area contributed by atoms with Gasteiger partial charge in [0.25, 0.3) is 5.91 Å². The van der Waals surface area contributed by atoms with E-state index in [4.69, 9.17) is 9.47 Å². The summed E-state index contributed by atoms with van der Waals surface area (Å²) in [5.74, 6) is -3.59. The first-order chi connectivity index (χ1) is 18.2. The average Bonchev–Trinajstić information content (AvgIpc) is 3.54. The number of carbonyl (C=O) groups excluding carboxylic acids is 1. The van der Waals surface area contributed by atoms with Crippen LogP contribution in [0.25, 0.3) is 17.5 Å². The molecule has 2 atom stereocenters. The maximum absolute atomic E-state index is 14.1. The summed E-state index contributed by atoms with van der Waals surface area (Å²) >= 11 is 0. The smallest absolute Gasteiger partial charge is 0.294 e. The van der Waals surface area contributed by atoms with E-state index in [1.165, 1.54) is 0 Å². The van der Waals surface area contributed by atoms with Crippen molar-refractivity contribution in [2.24, 2.45) is 5.92 Å². The van der Waals surface area contributed by atoms with Crippen molar-refractivity contribution in [1.82, 2.24) is 14.5 Å². The number of nitrogens with zero attached hydrogens (tertiary/aromatic N) is 3. The third-order valence-electron chi connectivity index (χ3n) is 7.56. The number of aromatic nitrogens is 2. The molecule has 0 bridgehead atoms. The molecule has 2 fully saturated rings. The molecule has 196 valence electrons. The zero-order valence-electron chi connectivity index (χ0n) is 21.2. The molecular formula is C29H26F3N3O3. The summed E-state index contributed by atoms with van der Waals surface area (Å²) in [5.41, 5.74) is 2.07. The van der Waals surface area contributed by atoms with Gasteiger partial charge < -0.3 is 14.0 Å². The van der Waals surface area contributed by atoms with E-state index in [-0.39, 0.29) is 23.3 Å². The van der Waals surface area contributed by atoms with Gasteiger partial charge in [0, 0.05) is 17.5 Å². The topological polar surface area (TPSA) is 56.6 Å².